The summed E-state index contributed by atoms with van der Waals surface area (Å²) in [5.74, 6) is 0.157. The largest absolute Gasteiger partial charge is 0.419 e. The monoisotopic (exact) mass is 457 g/mol. The average molecular weight is 457 g/mol. The zero-order chi connectivity index (χ0) is 16.7. The number of halogens is 4. The molecule has 4 N–H and O–H groups in total. The van der Waals surface area contributed by atoms with E-state index in [0.717, 1.165) is 18.9 Å². The molecule has 1 saturated carbocycles. The van der Waals surface area contributed by atoms with Crippen LogP contribution in [0.15, 0.2) is 23.3 Å². The minimum absolute atomic E-state index is 0. The molecule has 1 aliphatic carbocycles. The van der Waals surface area contributed by atoms with Crippen molar-refractivity contribution >= 4 is 35.8 Å². The predicted octanol–water partition coefficient (Wildman–Crippen LogP) is 3.37. The van der Waals surface area contributed by atoms with Crippen LogP contribution in [0.4, 0.5) is 19.0 Å². The Labute approximate surface area is 156 Å². The maximum Gasteiger partial charge on any atom is 0.419 e. The summed E-state index contributed by atoms with van der Waals surface area (Å²) in [6, 6.07) is 2.61. The molecule has 1 heterocycles. The smallest absolute Gasteiger partial charge is 0.370 e. The molecule has 0 aromatic carbocycles. The SMILES string of the molecule is I.NC(=NCCNc1ncccc1C(F)(F)F)NC1CCCCC1. The third kappa shape index (κ3) is 6.70. The van der Waals surface area contributed by atoms with Crippen LogP contribution in [-0.2, 0) is 6.18 Å². The topological polar surface area (TPSA) is 75.3 Å². The number of pyridine rings is 1. The zero-order valence-electron chi connectivity index (χ0n) is 13.3. The van der Waals surface area contributed by atoms with Gasteiger partial charge in [0.15, 0.2) is 5.96 Å². The molecule has 24 heavy (non-hydrogen) atoms. The van der Waals surface area contributed by atoms with Gasteiger partial charge < -0.3 is 16.4 Å². The molecule has 0 atom stereocenters. The van der Waals surface area contributed by atoms with Crippen molar-refractivity contribution < 1.29 is 13.2 Å². The average Bonchev–Trinajstić information content (AvgIpc) is 2.52. The summed E-state index contributed by atoms with van der Waals surface area (Å²) < 4.78 is 38.4. The molecule has 0 amide bonds. The number of anilines is 1. The minimum Gasteiger partial charge on any atom is -0.370 e. The number of aromatic nitrogens is 1. The highest BCUT2D eigenvalue weighted by molar-refractivity contribution is 14.0. The molecule has 0 saturated heterocycles. The second kappa shape index (κ2) is 9.90. The van der Waals surface area contributed by atoms with Crippen molar-refractivity contribution in [3.63, 3.8) is 0 Å². The van der Waals surface area contributed by atoms with Gasteiger partial charge in [-0.2, -0.15) is 13.2 Å². The highest BCUT2D eigenvalue weighted by atomic mass is 127. The molecule has 1 fully saturated rings. The van der Waals surface area contributed by atoms with Gasteiger partial charge in [0.1, 0.15) is 5.82 Å². The Hall–Kier alpha value is -1.26. The lowest BCUT2D eigenvalue weighted by Gasteiger charge is -2.23. The van der Waals surface area contributed by atoms with Crippen molar-refractivity contribution in [2.45, 2.75) is 44.3 Å². The van der Waals surface area contributed by atoms with E-state index in [1.54, 1.807) is 0 Å². The van der Waals surface area contributed by atoms with E-state index < -0.39 is 11.7 Å². The number of nitrogens with two attached hydrogens (primary N) is 1. The third-order valence-electron chi connectivity index (χ3n) is 3.76. The van der Waals surface area contributed by atoms with E-state index in [9.17, 15) is 13.2 Å². The molecule has 0 radical (unpaired) electrons. The van der Waals surface area contributed by atoms with Crippen molar-refractivity contribution in [3.8, 4) is 0 Å². The second-order valence-corrected chi connectivity index (χ2v) is 5.57. The van der Waals surface area contributed by atoms with Crippen LogP contribution in [0.1, 0.15) is 37.7 Å². The van der Waals surface area contributed by atoms with Gasteiger partial charge in [-0.15, -0.1) is 24.0 Å². The number of hydrogen-bond donors (Lipinski definition) is 3. The number of hydrogen-bond acceptors (Lipinski definition) is 3. The van der Waals surface area contributed by atoms with E-state index in [1.165, 1.54) is 31.5 Å². The molecule has 1 aromatic heterocycles. The van der Waals surface area contributed by atoms with Gasteiger partial charge in [-0.1, -0.05) is 19.3 Å². The molecule has 1 aromatic rings. The van der Waals surface area contributed by atoms with Crippen LogP contribution in [0.2, 0.25) is 0 Å². The minimum atomic E-state index is -4.43. The van der Waals surface area contributed by atoms with E-state index in [-0.39, 0.29) is 42.9 Å². The number of alkyl halides is 3. The van der Waals surface area contributed by atoms with Crippen molar-refractivity contribution in [1.82, 2.24) is 10.3 Å². The number of nitrogens with one attached hydrogen (secondary N) is 2. The molecule has 1 aliphatic rings. The van der Waals surface area contributed by atoms with Crippen LogP contribution in [0.5, 0.6) is 0 Å². The van der Waals surface area contributed by atoms with Crippen LogP contribution >= 0.6 is 24.0 Å². The molecular formula is C15H23F3IN5. The van der Waals surface area contributed by atoms with Gasteiger partial charge in [0.2, 0.25) is 0 Å². The lowest BCUT2D eigenvalue weighted by atomic mass is 9.96. The van der Waals surface area contributed by atoms with Crippen LogP contribution in [0.25, 0.3) is 0 Å². The van der Waals surface area contributed by atoms with Gasteiger partial charge in [0.25, 0.3) is 0 Å². The fourth-order valence-corrected chi connectivity index (χ4v) is 2.63. The number of nitrogens with zero attached hydrogens (tertiary/aromatic N) is 2. The Morgan fingerprint density at radius 1 is 1.29 bits per heavy atom. The molecule has 0 unspecified atom stereocenters. The summed E-state index contributed by atoms with van der Waals surface area (Å²) in [4.78, 5) is 7.87. The normalized spacial score (nSPS) is 16.4. The second-order valence-electron chi connectivity index (χ2n) is 5.57. The number of guanidine groups is 1. The Kier molecular flexibility index (Phi) is 8.57. The molecular weight excluding hydrogens is 434 g/mol. The van der Waals surface area contributed by atoms with Gasteiger partial charge in [-0.05, 0) is 25.0 Å². The van der Waals surface area contributed by atoms with Crippen LogP contribution < -0.4 is 16.4 Å². The maximum absolute atomic E-state index is 12.8. The van der Waals surface area contributed by atoms with E-state index in [1.807, 2.05) is 0 Å². The number of rotatable bonds is 5. The van der Waals surface area contributed by atoms with Gasteiger partial charge in [-0.25, -0.2) is 4.98 Å². The fraction of sp³-hybridized carbons (Fsp3) is 0.600. The van der Waals surface area contributed by atoms with E-state index in [0.29, 0.717) is 12.0 Å². The van der Waals surface area contributed by atoms with Crippen LogP contribution in [0.3, 0.4) is 0 Å². The van der Waals surface area contributed by atoms with Gasteiger partial charge >= 0.3 is 6.18 Å². The number of aliphatic imine (C=N–C) groups is 1. The zero-order valence-corrected chi connectivity index (χ0v) is 15.6. The van der Waals surface area contributed by atoms with Crippen molar-refractivity contribution in [2.24, 2.45) is 10.7 Å². The summed E-state index contributed by atoms with van der Waals surface area (Å²) in [5.41, 5.74) is 5.02. The highest BCUT2D eigenvalue weighted by Crippen LogP contribution is 2.33. The van der Waals surface area contributed by atoms with Crippen LogP contribution in [-0.4, -0.2) is 30.1 Å². The molecule has 0 spiro atoms. The van der Waals surface area contributed by atoms with E-state index in [4.69, 9.17) is 5.73 Å². The standard InChI is InChI=1S/C15H22F3N5.HI/c16-15(17,18)12-7-4-8-20-13(12)21-9-10-22-14(19)23-11-5-2-1-3-6-11;/h4,7-8,11H,1-3,5-6,9-10H2,(H,20,21)(H3,19,22,23);1H. The summed E-state index contributed by atoms with van der Waals surface area (Å²) in [7, 11) is 0. The maximum atomic E-state index is 12.8. The van der Waals surface area contributed by atoms with Crippen molar-refractivity contribution in [3.05, 3.63) is 23.9 Å². The summed E-state index contributed by atoms with van der Waals surface area (Å²) in [5, 5.41) is 5.81. The molecule has 0 bridgehead atoms. The Balaban J connectivity index is 0.00000288. The lowest BCUT2D eigenvalue weighted by Crippen LogP contribution is -2.41. The van der Waals surface area contributed by atoms with Gasteiger partial charge in [0, 0.05) is 18.8 Å². The first-order valence-electron chi connectivity index (χ1n) is 7.79. The van der Waals surface area contributed by atoms with Crippen LogP contribution in [0, 0.1) is 0 Å². The molecule has 136 valence electrons. The molecule has 0 aliphatic heterocycles. The van der Waals surface area contributed by atoms with E-state index >= 15 is 0 Å². The van der Waals surface area contributed by atoms with Crippen molar-refractivity contribution in [2.75, 3.05) is 18.4 Å². The molecule has 2 rings (SSSR count). The molecule has 9 heteroatoms. The first-order valence-corrected chi connectivity index (χ1v) is 7.79. The van der Waals surface area contributed by atoms with Crippen molar-refractivity contribution in [1.29, 1.82) is 0 Å². The highest BCUT2D eigenvalue weighted by Gasteiger charge is 2.33. The van der Waals surface area contributed by atoms with Gasteiger partial charge in [-0.3, -0.25) is 4.99 Å². The van der Waals surface area contributed by atoms with Gasteiger partial charge in [0.05, 0.1) is 12.1 Å². The Bertz CT molecular complexity index is 530. The molecule has 5 nitrogen and oxygen atoms in total. The lowest BCUT2D eigenvalue weighted by molar-refractivity contribution is -0.137. The summed E-state index contributed by atoms with van der Waals surface area (Å²) >= 11 is 0. The first kappa shape index (κ1) is 20.8. The predicted molar refractivity (Wildman–Crippen MR) is 99.6 cm³/mol. The Morgan fingerprint density at radius 2 is 2.00 bits per heavy atom. The fourth-order valence-electron chi connectivity index (χ4n) is 2.63. The third-order valence-corrected chi connectivity index (χ3v) is 3.76. The Morgan fingerprint density at radius 3 is 2.67 bits per heavy atom. The quantitative estimate of drug-likeness (QED) is 0.275. The summed E-state index contributed by atoms with van der Waals surface area (Å²) in [6.45, 7) is 0.507. The van der Waals surface area contributed by atoms with E-state index in [2.05, 4.69) is 20.6 Å². The first-order chi connectivity index (χ1) is 11.0. The summed E-state index contributed by atoms with van der Waals surface area (Å²) in [6.07, 6.45) is 2.68.